The molecule has 1 aromatic heterocycles. The molecule has 6 nitrogen and oxygen atoms in total. The van der Waals surface area contributed by atoms with Crippen molar-refractivity contribution in [2.24, 2.45) is 0 Å². The Kier molecular flexibility index (Phi) is 4.84. The number of carbonyl (C=O) groups excluding carboxylic acids is 1. The molecule has 0 fully saturated rings. The zero-order chi connectivity index (χ0) is 20.7. The highest BCUT2D eigenvalue weighted by molar-refractivity contribution is 7.16. The number of hydrogen-bond acceptors (Lipinski definition) is 6. The first-order valence-corrected chi connectivity index (χ1v) is 10.8. The number of phenols is 1. The molecule has 3 aromatic rings. The van der Waals surface area contributed by atoms with E-state index >= 15 is 0 Å². The largest absolute Gasteiger partial charge is 0.504 e. The number of phenolic OH excluding ortho intramolecular Hbond substituents is 1. The second kappa shape index (κ2) is 7.66. The average Bonchev–Trinajstić information content (AvgIpc) is 3.12. The molecule has 154 valence electrons. The molecule has 0 saturated carbocycles. The Morgan fingerprint density at radius 2 is 2.03 bits per heavy atom. The lowest BCUT2D eigenvalue weighted by Crippen LogP contribution is -2.38. The summed E-state index contributed by atoms with van der Waals surface area (Å²) < 4.78 is 5.11. The number of anilines is 1. The van der Waals surface area contributed by atoms with Crippen molar-refractivity contribution in [3.63, 3.8) is 0 Å². The predicted molar refractivity (Wildman–Crippen MR) is 117 cm³/mol. The Morgan fingerprint density at radius 1 is 1.20 bits per heavy atom. The summed E-state index contributed by atoms with van der Waals surface area (Å²) in [5.41, 5.74) is 4.03. The van der Waals surface area contributed by atoms with Gasteiger partial charge in [-0.3, -0.25) is 9.69 Å². The molecule has 30 heavy (non-hydrogen) atoms. The topological polar surface area (TPSA) is 73.8 Å². The monoisotopic (exact) mass is 421 g/mol. The molecule has 1 amide bonds. The summed E-state index contributed by atoms with van der Waals surface area (Å²) in [5.74, 6) is 0.406. The van der Waals surface area contributed by atoms with E-state index in [9.17, 15) is 9.90 Å². The maximum atomic E-state index is 12.9. The highest BCUT2D eigenvalue weighted by Gasteiger charge is 2.33. The summed E-state index contributed by atoms with van der Waals surface area (Å²) in [6.07, 6.45) is 0.485. The minimum Gasteiger partial charge on any atom is -0.504 e. The van der Waals surface area contributed by atoms with Crippen LogP contribution in [-0.4, -0.2) is 29.6 Å². The molecule has 3 heterocycles. The predicted octanol–water partition coefficient (Wildman–Crippen LogP) is 3.87. The number of nitrogens with one attached hydrogen (secondary N) is 2. The average molecular weight is 422 g/mol. The number of rotatable bonds is 4. The van der Waals surface area contributed by atoms with Crippen LogP contribution in [0.25, 0.3) is 0 Å². The van der Waals surface area contributed by atoms with Crippen LogP contribution in [0.4, 0.5) is 5.00 Å². The zero-order valence-electron chi connectivity index (χ0n) is 16.6. The molecule has 0 radical (unpaired) electrons. The minimum atomic E-state index is -0.387. The first-order chi connectivity index (χ1) is 14.6. The molecule has 0 aliphatic carbocycles. The van der Waals surface area contributed by atoms with E-state index in [0.29, 0.717) is 5.75 Å². The van der Waals surface area contributed by atoms with Gasteiger partial charge in [-0.2, -0.15) is 0 Å². The van der Waals surface area contributed by atoms with Gasteiger partial charge in [0.25, 0.3) is 5.91 Å². The van der Waals surface area contributed by atoms with Gasteiger partial charge in [0, 0.05) is 24.5 Å². The van der Waals surface area contributed by atoms with Gasteiger partial charge < -0.3 is 20.5 Å². The number of aromatic hydroxyl groups is 1. The van der Waals surface area contributed by atoms with Crippen molar-refractivity contribution < 1.29 is 14.6 Å². The smallest absolute Gasteiger partial charge is 0.256 e. The van der Waals surface area contributed by atoms with Gasteiger partial charge in [0.05, 0.1) is 12.7 Å². The highest BCUT2D eigenvalue weighted by Crippen LogP contribution is 2.41. The van der Waals surface area contributed by atoms with E-state index in [1.807, 2.05) is 12.1 Å². The third-order valence-electron chi connectivity index (χ3n) is 5.70. The Labute approximate surface area is 179 Å². The van der Waals surface area contributed by atoms with Crippen LogP contribution in [0.3, 0.4) is 0 Å². The molecule has 3 N–H and O–H groups in total. The highest BCUT2D eigenvalue weighted by atomic mass is 32.1. The van der Waals surface area contributed by atoms with Crippen LogP contribution in [0.2, 0.25) is 0 Å². The number of benzene rings is 2. The Morgan fingerprint density at radius 3 is 2.80 bits per heavy atom. The fourth-order valence-electron chi connectivity index (χ4n) is 4.20. The lowest BCUT2D eigenvalue weighted by molar-refractivity contribution is 0.0934. The summed E-state index contributed by atoms with van der Waals surface area (Å²) in [6, 6.07) is 15.6. The van der Waals surface area contributed by atoms with Gasteiger partial charge in [-0.25, -0.2) is 0 Å². The second-order valence-corrected chi connectivity index (χ2v) is 8.74. The van der Waals surface area contributed by atoms with Crippen LogP contribution in [0.1, 0.15) is 38.1 Å². The number of carbonyl (C=O) groups is 1. The summed E-state index contributed by atoms with van der Waals surface area (Å²) >= 11 is 1.67. The number of hydrogen-bond donors (Lipinski definition) is 3. The van der Waals surface area contributed by atoms with Crippen molar-refractivity contribution in [1.29, 1.82) is 0 Å². The molecular formula is C23H23N3O3S. The van der Waals surface area contributed by atoms with Gasteiger partial charge >= 0.3 is 0 Å². The molecule has 2 aliphatic heterocycles. The first kappa shape index (κ1) is 19.0. The van der Waals surface area contributed by atoms with E-state index in [1.165, 1.54) is 23.1 Å². The molecule has 1 atom stereocenters. The molecule has 7 heteroatoms. The lowest BCUT2D eigenvalue weighted by Gasteiger charge is -2.28. The van der Waals surface area contributed by atoms with E-state index in [1.54, 1.807) is 23.5 Å². The van der Waals surface area contributed by atoms with E-state index in [4.69, 9.17) is 4.74 Å². The Bertz CT molecular complexity index is 1100. The van der Waals surface area contributed by atoms with E-state index in [2.05, 4.69) is 39.8 Å². The summed E-state index contributed by atoms with van der Waals surface area (Å²) in [5, 5.41) is 17.5. The van der Waals surface area contributed by atoms with Crippen LogP contribution >= 0.6 is 11.3 Å². The maximum Gasteiger partial charge on any atom is 0.256 e. The van der Waals surface area contributed by atoms with Crippen LogP contribution in [0.5, 0.6) is 11.5 Å². The maximum absolute atomic E-state index is 12.9. The van der Waals surface area contributed by atoms with Crippen molar-refractivity contribution in [2.45, 2.75) is 25.7 Å². The molecule has 0 spiro atoms. The summed E-state index contributed by atoms with van der Waals surface area (Å²) in [4.78, 5) is 16.6. The third kappa shape index (κ3) is 3.40. The SMILES string of the molecule is COc1ccc([C@H]2NC(=O)c3c(sc4c3CCN(Cc3ccccc3)C4)N2)cc1O. The van der Waals surface area contributed by atoms with Gasteiger partial charge in [0.1, 0.15) is 11.2 Å². The van der Waals surface area contributed by atoms with Crippen LogP contribution in [0.15, 0.2) is 48.5 Å². The first-order valence-electron chi connectivity index (χ1n) is 9.97. The quantitative estimate of drug-likeness (QED) is 0.596. The Hall–Kier alpha value is -3.03. The van der Waals surface area contributed by atoms with Crippen molar-refractivity contribution in [1.82, 2.24) is 10.2 Å². The van der Waals surface area contributed by atoms with Crippen LogP contribution < -0.4 is 15.4 Å². The normalized spacial score (nSPS) is 18.2. The minimum absolute atomic E-state index is 0.0545. The number of nitrogens with zero attached hydrogens (tertiary/aromatic N) is 1. The van der Waals surface area contributed by atoms with Crippen LogP contribution in [-0.2, 0) is 19.5 Å². The molecule has 5 rings (SSSR count). The number of ether oxygens (including phenoxy) is 1. The van der Waals surface area contributed by atoms with Crippen molar-refractivity contribution >= 4 is 22.2 Å². The summed E-state index contributed by atoms with van der Waals surface area (Å²) in [6.45, 7) is 2.70. The third-order valence-corrected chi connectivity index (χ3v) is 6.85. The number of thiophene rings is 1. The van der Waals surface area contributed by atoms with E-state index in [-0.39, 0.29) is 17.8 Å². The van der Waals surface area contributed by atoms with Gasteiger partial charge in [-0.05, 0) is 35.2 Å². The molecule has 2 aromatic carbocycles. The zero-order valence-corrected chi connectivity index (χ0v) is 17.5. The molecule has 0 saturated heterocycles. The van der Waals surface area contributed by atoms with Crippen molar-refractivity contribution in [2.75, 3.05) is 19.0 Å². The van der Waals surface area contributed by atoms with Gasteiger partial charge in [0.15, 0.2) is 11.5 Å². The standard InChI is InChI=1S/C23H23N3O3S/c1-29-18-8-7-15(11-17(18)27)21-24-22(28)20-16-9-10-26(12-14-5-3-2-4-6-14)13-19(16)30-23(20)25-21/h2-8,11,21,25,27H,9-10,12-13H2,1H3,(H,24,28)/t21-/m0/s1. The second-order valence-electron chi connectivity index (χ2n) is 7.64. The Balaban J connectivity index is 1.37. The van der Waals surface area contributed by atoms with E-state index in [0.717, 1.165) is 42.2 Å². The van der Waals surface area contributed by atoms with Crippen LogP contribution in [0, 0.1) is 0 Å². The lowest BCUT2D eigenvalue weighted by atomic mass is 10.00. The number of methoxy groups -OCH3 is 1. The van der Waals surface area contributed by atoms with Gasteiger partial charge in [-0.15, -0.1) is 11.3 Å². The summed E-state index contributed by atoms with van der Waals surface area (Å²) in [7, 11) is 1.51. The number of fused-ring (bicyclic) bond motifs is 3. The molecular weight excluding hydrogens is 398 g/mol. The van der Waals surface area contributed by atoms with Crippen molar-refractivity contribution in [3.05, 3.63) is 75.7 Å². The van der Waals surface area contributed by atoms with E-state index < -0.39 is 0 Å². The fraction of sp³-hybridized carbons (Fsp3) is 0.261. The van der Waals surface area contributed by atoms with Gasteiger partial charge in [-0.1, -0.05) is 36.4 Å². The van der Waals surface area contributed by atoms with Gasteiger partial charge in [0.2, 0.25) is 0 Å². The molecule has 2 aliphatic rings. The fourth-order valence-corrected chi connectivity index (χ4v) is 5.51. The van der Waals surface area contributed by atoms with Crippen molar-refractivity contribution in [3.8, 4) is 11.5 Å². The molecule has 0 bridgehead atoms. The number of amides is 1. The molecule has 0 unspecified atom stereocenters.